The molecule has 0 radical (unpaired) electrons. The van der Waals surface area contributed by atoms with Crippen LogP contribution in [0.2, 0.25) is 0 Å². The van der Waals surface area contributed by atoms with Crippen LogP contribution in [0.25, 0.3) is 21.5 Å². The summed E-state index contributed by atoms with van der Waals surface area (Å²) in [5.74, 6) is 2.55. The molecular weight excluding hydrogens is 416 g/mol. The number of hydrogen-bond acceptors (Lipinski definition) is 0. The van der Waals surface area contributed by atoms with Crippen molar-refractivity contribution in [3.05, 3.63) is 95.1 Å². The third-order valence-electron chi connectivity index (χ3n) is 9.37. The van der Waals surface area contributed by atoms with Gasteiger partial charge in [0.2, 0.25) is 0 Å². The van der Waals surface area contributed by atoms with Crippen LogP contribution in [0, 0.1) is 11.8 Å². The van der Waals surface area contributed by atoms with Gasteiger partial charge < -0.3 is 0 Å². The highest BCUT2D eigenvalue weighted by Crippen LogP contribution is 2.76. The molecule has 2 aliphatic rings. The second-order valence-corrected chi connectivity index (χ2v) is 15.2. The van der Waals surface area contributed by atoms with Gasteiger partial charge in [-0.05, 0) is 80.0 Å². The Morgan fingerprint density at radius 3 is 1.33 bits per heavy atom. The van der Waals surface area contributed by atoms with Gasteiger partial charge in [-0.3, -0.25) is 0 Å². The van der Waals surface area contributed by atoms with Crippen molar-refractivity contribution >= 4 is 31.6 Å². The van der Waals surface area contributed by atoms with Gasteiger partial charge >= 0.3 is 0 Å². The van der Waals surface area contributed by atoms with Crippen LogP contribution in [0.5, 0.6) is 0 Å². The lowest BCUT2D eigenvalue weighted by Gasteiger charge is -2.48. The van der Waals surface area contributed by atoms with Gasteiger partial charge in [-0.1, -0.05) is 100 Å². The Balaban J connectivity index is 1.54. The van der Waals surface area contributed by atoms with Crippen LogP contribution >= 0.6 is 10.0 Å². The topological polar surface area (TPSA) is 0 Å². The zero-order valence-corrected chi connectivity index (χ0v) is 21.6. The molecule has 0 bridgehead atoms. The number of benzene rings is 4. The highest BCUT2D eigenvalue weighted by atomic mass is 32.3. The van der Waals surface area contributed by atoms with Gasteiger partial charge in [-0.2, -0.15) is 0 Å². The maximum atomic E-state index is 2.66. The van der Waals surface area contributed by atoms with E-state index in [1.54, 1.807) is 22.3 Å². The molecule has 33 heavy (non-hydrogen) atoms. The van der Waals surface area contributed by atoms with Crippen LogP contribution in [0.4, 0.5) is 0 Å². The van der Waals surface area contributed by atoms with Crippen molar-refractivity contribution in [3.63, 3.8) is 0 Å². The molecule has 4 aromatic rings. The molecule has 0 aromatic heterocycles. The van der Waals surface area contributed by atoms with Gasteiger partial charge in [-0.15, -0.1) is 0 Å². The monoisotopic (exact) mass is 452 g/mol. The van der Waals surface area contributed by atoms with Crippen molar-refractivity contribution in [2.75, 3.05) is 12.5 Å². The van der Waals surface area contributed by atoms with Crippen molar-refractivity contribution in [3.8, 4) is 0 Å². The maximum Gasteiger partial charge on any atom is 0.0175 e. The third kappa shape index (κ3) is 2.84. The van der Waals surface area contributed by atoms with E-state index in [1.165, 1.54) is 21.5 Å². The van der Waals surface area contributed by atoms with Gasteiger partial charge in [0, 0.05) is 10.5 Å². The summed E-state index contributed by atoms with van der Waals surface area (Å²) in [5, 5.41) is 7.03. The SMILES string of the molecule is CC1c2c(ccc3ccccc23)C(S(C)(C)C2c3ccc4ccccc4c3C(C)C2C)C1C. The summed E-state index contributed by atoms with van der Waals surface area (Å²) in [6.07, 6.45) is 5.31. The normalized spacial score (nSPS) is 29.4. The molecule has 6 rings (SSSR count). The van der Waals surface area contributed by atoms with Crippen LogP contribution < -0.4 is 0 Å². The zero-order valence-electron chi connectivity index (χ0n) is 20.8. The summed E-state index contributed by atoms with van der Waals surface area (Å²) in [6.45, 7) is 10.0. The van der Waals surface area contributed by atoms with E-state index in [-0.39, 0.29) is 0 Å². The molecule has 170 valence electrons. The zero-order chi connectivity index (χ0) is 23.1. The molecule has 0 saturated carbocycles. The van der Waals surface area contributed by atoms with Crippen molar-refractivity contribution in [1.29, 1.82) is 0 Å². The first-order valence-corrected chi connectivity index (χ1v) is 15.1. The molecular formula is C32H36S. The highest BCUT2D eigenvalue weighted by Gasteiger charge is 2.50. The lowest BCUT2D eigenvalue weighted by Crippen LogP contribution is -2.22. The molecule has 0 spiro atoms. The minimum Gasteiger partial charge on any atom is -0.233 e. The van der Waals surface area contributed by atoms with E-state index in [4.69, 9.17) is 0 Å². The minimum atomic E-state index is -0.967. The Hall–Kier alpha value is -2.25. The Kier molecular flexibility index (Phi) is 4.76. The summed E-state index contributed by atoms with van der Waals surface area (Å²) in [6, 6.07) is 27.8. The summed E-state index contributed by atoms with van der Waals surface area (Å²) >= 11 is 0. The molecule has 0 nitrogen and oxygen atoms in total. The van der Waals surface area contributed by atoms with E-state index < -0.39 is 10.0 Å². The maximum absolute atomic E-state index is 2.66. The Bertz CT molecular complexity index is 1270. The molecule has 0 heterocycles. The standard InChI is InChI=1S/C32H36S/c1-19-21(3)31(27-17-15-23-11-7-9-13-25(23)29(19)27)33(5,6)32-22(4)20(2)30-26-14-10-8-12-24(26)16-18-28(30)32/h7-22,31-32H,1-6H3. The average molecular weight is 453 g/mol. The van der Waals surface area contributed by atoms with Crippen LogP contribution in [-0.2, 0) is 0 Å². The smallest absolute Gasteiger partial charge is 0.0175 e. The van der Waals surface area contributed by atoms with Crippen molar-refractivity contribution in [2.24, 2.45) is 11.8 Å². The van der Waals surface area contributed by atoms with Gasteiger partial charge in [0.1, 0.15) is 0 Å². The first kappa shape index (κ1) is 21.3. The van der Waals surface area contributed by atoms with Crippen LogP contribution in [0.15, 0.2) is 72.8 Å². The van der Waals surface area contributed by atoms with Crippen LogP contribution in [-0.4, -0.2) is 12.5 Å². The largest absolute Gasteiger partial charge is 0.233 e. The summed E-state index contributed by atoms with van der Waals surface area (Å²) in [7, 11) is -0.967. The fourth-order valence-electron chi connectivity index (χ4n) is 7.67. The fraction of sp³-hybridized carbons (Fsp3) is 0.375. The molecule has 2 aliphatic carbocycles. The number of fused-ring (bicyclic) bond motifs is 6. The summed E-state index contributed by atoms with van der Waals surface area (Å²) in [5.41, 5.74) is 6.54. The molecule has 6 atom stereocenters. The van der Waals surface area contributed by atoms with Crippen molar-refractivity contribution < 1.29 is 0 Å². The average Bonchev–Trinajstić information content (AvgIpc) is 3.24. The lowest BCUT2D eigenvalue weighted by molar-refractivity contribution is 0.498. The first-order valence-electron chi connectivity index (χ1n) is 12.6. The molecule has 0 N–H and O–H groups in total. The molecule has 0 fully saturated rings. The van der Waals surface area contributed by atoms with E-state index in [0.717, 1.165) is 0 Å². The molecule has 0 aliphatic heterocycles. The fourth-order valence-corrected chi connectivity index (χ4v) is 12.4. The van der Waals surface area contributed by atoms with Crippen LogP contribution in [0.3, 0.4) is 0 Å². The lowest BCUT2D eigenvalue weighted by atomic mass is 9.92. The summed E-state index contributed by atoms with van der Waals surface area (Å²) < 4.78 is 0. The van der Waals surface area contributed by atoms with Gasteiger partial charge in [0.25, 0.3) is 0 Å². The van der Waals surface area contributed by atoms with Gasteiger partial charge in [-0.25, -0.2) is 10.0 Å². The predicted molar refractivity (Wildman–Crippen MR) is 148 cm³/mol. The predicted octanol–water partition coefficient (Wildman–Crippen LogP) is 9.35. The number of rotatable bonds is 2. The van der Waals surface area contributed by atoms with Crippen molar-refractivity contribution in [1.82, 2.24) is 0 Å². The van der Waals surface area contributed by atoms with E-state index in [2.05, 4.69) is 113 Å². The van der Waals surface area contributed by atoms with Gasteiger partial charge in [0.05, 0.1) is 0 Å². The van der Waals surface area contributed by atoms with E-state index in [0.29, 0.717) is 34.2 Å². The Morgan fingerprint density at radius 2 is 0.909 bits per heavy atom. The minimum absolute atomic E-state index is 0.605. The van der Waals surface area contributed by atoms with E-state index in [1.807, 2.05) is 0 Å². The molecule has 0 amide bonds. The second-order valence-electron chi connectivity index (χ2n) is 11.2. The molecule has 6 unspecified atom stereocenters. The third-order valence-corrected chi connectivity index (χ3v) is 13.4. The van der Waals surface area contributed by atoms with Crippen LogP contribution in [0.1, 0.15) is 72.3 Å². The van der Waals surface area contributed by atoms with Gasteiger partial charge in [0.15, 0.2) is 0 Å². The quantitative estimate of drug-likeness (QED) is 0.284. The highest BCUT2D eigenvalue weighted by molar-refractivity contribution is 8.33. The first-order chi connectivity index (χ1) is 15.8. The van der Waals surface area contributed by atoms with Crippen molar-refractivity contribution in [2.45, 2.75) is 50.0 Å². The Labute approximate surface area is 200 Å². The Morgan fingerprint density at radius 1 is 0.515 bits per heavy atom. The summed E-state index contributed by atoms with van der Waals surface area (Å²) in [4.78, 5) is 0. The van der Waals surface area contributed by atoms with E-state index in [9.17, 15) is 0 Å². The molecule has 4 aromatic carbocycles. The second kappa shape index (κ2) is 7.37. The molecule has 0 saturated heterocycles. The number of hydrogen-bond donors (Lipinski definition) is 0. The molecule has 1 heteroatoms. The van der Waals surface area contributed by atoms with E-state index >= 15 is 0 Å².